The van der Waals surface area contributed by atoms with Crippen LogP contribution < -0.4 is 5.73 Å². The Labute approximate surface area is 126 Å². The van der Waals surface area contributed by atoms with Crippen molar-refractivity contribution in [3.05, 3.63) is 40.1 Å². The second-order valence-corrected chi connectivity index (χ2v) is 7.23. The van der Waals surface area contributed by atoms with Gasteiger partial charge in [-0.05, 0) is 34.5 Å². The van der Waals surface area contributed by atoms with E-state index in [4.69, 9.17) is 5.73 Å². The molecule has 0 saturated heterocycles. The molecule has 0 aliphatic rings. The van der Waals surface area contributed by atoms with Crippen LogP contribution in [0.3, 0.4) is 0 Å². The quantitative estimate of drug-likeness (QED) is 0.851. The van der Waals surface area contributed by atoms with Crippen LogP contribution in [0.2, 0.25) is 0 Å². The summed E-state index contributed by atoms with van der Waals surface area (Å²) in [4.78, 5) is 0.158. The van der Waals surface area contributed by atoms with Gasteiger partial charge in [0.25, 0.3) is 0 Å². The Hall–Kier alpha value is -1.34. The predicted octanol–water partition coefficient (Wildman–Crippen LogP) is 2.30. The van der Waals surface area contributed by atoms with Crippen LogP contribution in [0.4, 0.5) is 5.69 Å². The minimum absolute atomic E-state index is 0.134. The van der Waals surface area contributed by atoms with E-state index in [1.165, 1.54) is 6.07 Å². The van der Waals surface area contributed by atoms with Crippen molar-refractivity contribution in [3.63, 3.8) is 0 Å². The van der Waals surface area contributed by atoms with Crippen molar-refractivity contribution in [3.8, 4) is 0 Å². The Morgan fingerprint density at radius 1 is 1.35 bits per heavy atom. The molecule has 20 heavy (non-hydrogen) atoms. The molecule has 0 saturated carbocycles. The first kappa shape index (κ1) is 15.1. The third-order valence-electron chi connectivity index (χ3n) is 3.08. The van der Waals surface area contributed by atoms with E-state index in [2.05, 4.69) is 21.0 Å². The monoisotopic (exact) mass is 357 g/mol. The van der Waals surface area contributed by atoms with Gasteiger partial charge >= 0.3 is 0 Å². The predicted molar refractivity (Wildman–Crippen MR) is 82.0 cm³/mol. The average molecular weight is 358 g/mol. The molecule has 2 aromatic rings. The second-order valence-electron chi connectivity index (χ2n) is 4.48. The van der Waals surface area contributed by atoms with Crippen molar-refractivity contribution in [2.45, 2.75) is 24.0 Å². The summed E-state index contributed by atoms with van der Waals surface area (Å²) in [6, 6.07) is 6.49. The van der Waals surface area contributed by atoms with Gasteiger partial charge in [0.2, 0.25) is 0 Å². The molecule has 1 heterocycles. The lowest BCUT2D eigenvalue weighted by atomic mass is 10.3. The normalized spacial score (nSPS) is 11.8. The van der Waals surface area contributed by atoms with Crippen molar-refractivity contribution in [1.29, 1.82) is 0 Å². The van der Waals surface area contributed by atoms with Gasteiger partial charge in [0.15, 0.2) is 9.84 Å². The van der Waals surface area contributed by atoms with Crippen molar-refractivity contribution >= 4 is 31.5 Å². The van der Waals surface area contributed by atoms with E-state index in [0.717, 1.165) is 16.6 Å². The molecule has 0 bridgehead atoms. The molecule has 0 aliphatic carbocycles. The van der Waals surface area contributed by atoms with Crippen molar-refractivity contribution in [2.75, 3.05) is 5.73 Å². The summed E-state index contributed by atoms with van der Waals surface area (Å²) in [7, 11) is -1.76. The van der Waals surface area contributed by atoms with E-state index < -0.39 is 9.84 Å². The smallest absolute Gasteiger partial charge is 0.186 e. The molecule has 5 nitrogen and oxygen atoms in total. The molecule has 2 N–H and O–H groups in total. The second kappa shape index (κ2) is 5.57. The topological polar surface area (TPSA) is 78.0 Å². The summed E-state index contributed by atoms with van der Waals surface area (Å²) in [5.41, 5.74) is 7.50. The van der Waals surface area contributed by atoms with Crippen LogP contribution in [0, 0.1) is 0 Å². The summed E-state index contributed by atoms with van der Waals surface area (Å²) in [5.74, 6) is -0.134. The number of halogens is 1. The van der Waals surface area contributed by atoms with Gasteiger partial charge in [0.1, 0.15) is 0 Å². The van der Waals surface area contributed by atoms with Gasteiger partial charge < -0.3 is 5.73 Å². The standard InChI is InChI=1S/C13H16BrN3O2S/c1-3-10-13(14)11(17(2)16-10)8-20(18,19)12-7-5-4-6-9(12)15/h4-7H,3,8,15H2,1-2H3. The Kier molecular flexibility index (Phi) is 4.19. The largest absolute Gasteiger partial charge is 0.398 e. The molecule has 0 radical (unpaired) electrons. The molecular formula is C13H16BrN3O2S. The highest BCUT2D eigenvalue weighted by atomic mass is 79.9. The molecule has 0 spiro atoms. The lowest BCUT2D eigenvalue weighted by Gasteiger charge is -2.08. The minimum atomic E-state index is -3.50. The number of hydrogen-bond acceptors (Lipinski definition) is 4. The van der Waals surface area contributed by atoms with Crippen LogP contribution >= 0.6 is 15.9 Å². The number of para-hydroxylation sites is 1. The van der Waals surface area contributed by atoms with E-state index >= 15 is 0 Å². The van der Waals surface area contributed by atoms with Gasteiger partial charge in [-0.25, -0.2) is 8.42 Å². The lowest BCUT2D eigenvalue weighted by molar-refractivity contribution is 0.592. The zero-order valence-electron chi connectivity index (χ0n) is 11.3. The summed E-state index contributed by atoms with van der Waals surface area (Å²) >= 11 is 3.43. The van der Waals surface area contributed by atoms with E-state index in [0.29, 0.717) is 5.69 Å². The maximum Gasteiger partial charge on any atom is 0.186 e. The van der Waals surface area contributed by atoms with Crippen molar-refractivity contribution < 1.29 is 8.42 Å². The number of nitrogen functional groups attached to an aromatic ring is 1. The van der Waals surface area contributed by atoms with E-state index in [-0.39, 0.29) is 16.3 Å². The molecule has 0 amide bonds. The zero-order chi connectivity index (χ0) is 14.9. The fourth-order valence-corrected chi connectivity index (χ4v) is 4.50. The van der Waals surface area contributed by atoms with Crippen LogP contribution in [0.5, 0.6) is 0 Å². The highest BCUT2D eigenvalue weighted by Gasteiger charge is 2.23. The summed E-state index contributed by atoms with van der Waals surface area (Å²) in [6.07, 6.45) is 0.738. The van der Waals surface area contributed by atoms with Crippen LogP contribution in [0.15, 0.2) is 33.6 Å². The van der Waals surface area contributed by atoms with E-state index in [1.807, 2.05) is 6.92 Å². The fourth-order valence-electron chi connectivity index (χ4n) is 2.00. The van der Waals surface area contributed by atoms with Crippen LogP contribution in [-0.4, -0.2) is 18.2 Å². The molecule has 2 rings (SSSR count). The number of sulfone groups is 1. The van der Waals surface area contributed by atoms with Crippen molar-refractivity contribution in [2.24, 2.45) is 7.05 Å². The van der Waals surface area contributed by atoms with Gasteiger partial charge in [0.05, 0.1) is 32.2 Å². The number of benzene rings is 1. The van der Waals surface area contributed by atoms with E-state index in [9.17, 15) is 8.42 Å². The minimum Gasteiger partial charge on any atom is -0.398 e. The maximum absolute atomic E-state index is 12.5. The Bertz CT molecular complexity index is 738. The highest BCUT2D eigenvalue weighted by Crippen LogP contribution is 2.27. The molecule has 0 aliphatic heterocycles. The number of aromatic nitrogens is 2. The first-order valence-electron chi connectivity index (χ1n) is 6.14. The van der Waals surface area contributed by atoms with Gasteiger partial charge in [-0.3, -0.25) is 4.68 Å². The van der Waals surface area contributed by atoms with Gasteiger partial charge in [-0.15, -0.1) is 0 Å². The third kappa shape index (κ3) is 2.73. The van der Waals surface area contributed by atoms with Crippen LogP contribution in [0.1, 0.15) is 18.3 Å². The third-order valence-corrected chi connectivity index (χ3v) is 5.69. The van der Waals surface area contributed by atoms with Crippen LogP contribution in [-0.2, 0) is 29.1 Å². The molecule has 108 valence electrons. The lowest BCUT2D eigenvalue weighted by Crippen LogP contribution is -2.11. The van der Waals surface area contributed by atoms with Gasteiger partial charge in [-0.1, -0.05) is 19.1 Å². The molecule has 0 unspecified atom stereocenters. The molecule has 7 heteroatoms. The highest BCUT2D eigenvalue weighted by molar-refractivity contribution is 9.10. The maximum atomic E-state index is 12.5. The first-order chi connectivity index (χ1) is 9.36. The Morgan fingerprint density at radius 3 is 2.55 bits per heavy atom. The average Bonchev–Trinajstić information content (AvgIpc) is 2.66. The number of aryl methyl sites for hydroxylation is 2. The fraction of sp³-hybridized carbons (Fsp3) is 0.308. The number of hydrogen-bond donors (Lipinski definition) is 1. The number of anilines is 1. The van der Waals surface area contributed by atoms with Crippen molar-refractivity contribution in [1.82, 2.24) is 9.78 Å². The molecule has 0 atom stereocenters. The molecular weight excluding hydrogens is 342 g/mol. The van der Waals surface area contributed by atoms with Crippen LogP contribution in [0.25, 0.3) is 0 Å². The SMILES string of the molecule is CCc1nn(C)c(CS(=O)(=O)c2ccccc2N)c1Br. The molecule has 1 aromatic heterocycles. The number of nitrogens with zero attached hydrogens (tertiary/aromatic N) is 2. The first-order valence-corrected chi connectivity index (χ1v) is 8.59. The Morgan fingerprint density at radius 2 is 2.00 bits per heavy atom. The summed E-state index contributed by atoms with van der Waals surface area (Å²) in [5, 5.41) is 4.30. The zero-order valence-corrected chi connectivity index (χ0v) is 13.7. The Balaban J connectivity index is 2.44. The number of nitrogens with two attached hydrogens (primary N) is 1. The molecule has 1 aromatic carbocycles. The van der Waals surface area contributed by atoms with E-state index in [1.54, 1.807) is 29.9 Å². The summed E-state index contributed by atoms with van der Waals surface area (Å²) < 4.78 is 27.3. The summed E-state index contributed by atoms with van der Waals surface area (Å²) in [6.45, 7) is 1.97. The van der Waals surface area contributed by atoms with Gasteiger partial charge in [-0.2, -0.15) is 5.10 Å². The van der Waals surface area contributed by atoms with Gasteiger partial charge in [0, 0.05) is 7.05 Å². The molecule has 0 fully saturated rings. The number of rotatable bonds is 4.